The van der Waals surface area contributed by atoms with Gasteiger partial charge in [-0.1, -0.05) is 59.4 Å². The standard InChI is InChI=1S/C17H13N5OS/c1-11-7-9-12(10-8-11)14-19-20-17-22(14)21-16(24-17)18-15(23)13-5-3-2-4-6-13/h2-10H,1H3,(H,18,21,23). The third-order valence-corrected chi connectivity index (χ3v) is 4.37. The van der Waals surface area contributed by atoms with Gasteiger partial charge < -0.3 is 0 Å². The Bertz CT molecular complexity index is 1000. The van der Waals surface area contributed by atoms with Crippen molar-refractivity contribution in [1.82, 2.24) is 19.8 Å². The van der Waals surface area contributed by atoms with Gasteiger partial charge in [0, 0.05) is 11.1 Å². The number of anilines is 1. The van der Waals surface area contributed by atoms with Crippen molar-refractivity contribution in [3.63, 3.8) is 0 Å². The quantitative estimate of drug-likeness (QED) is 0.623. The third-order valence-electron chi connectivity index (χ3n) is 3.56. The smallest absolute Gasteiger partial charge is 0.257 e. The molecule has 0 atom stereocenters. The summed E-state index contributed by atoms with van der Waals surface area (Å²) in [4.78, 5) is 12.8. The van der Waals surface area contributed by atoms with Gasteiger partial charge in [-0.25, -0.2) is 0 Å². The molecule has 0 radical (unpaired) electrons. The number of nitrogens with one attached hydrogen (secondary N) is 1. The molecule has 0 spiro atoms. The van der Waals surface area contributed by atoms with Crippen LogP contribution in [0.4, 0.5) is 5.13 Å². The topological polar surface area (TPSA) is 72.2 Å². The van der Waals surface area contributed by atoms with Crippen molar-refractivity contribution in [2.45, 2.75) is 6.92 Å². The Kier molecular flexibility index (Phi) is 3.55. The summed E-state index contributed by atoms with van der Waals surface area (Å²) >= 11 is 1.29. The van der Waals surface area contributed by atoms with E-state index in [0.717, 1.165) is 5.56 Å². The summed E-state index contributed by atoms with van der Waals surface area (Å²) in [6, 6.07) is 17.0. The van der Waals surface area contributed by atoms with E-state index in [1.54, 1.807) is 16.6 Å². The second-order valence-corrected chi connectivity index (χ2v) is 6.27. The zero-order valence-electron chi connectivity index (χ0n) is 12.8. The average Bonchev–Trinajstić information content (AvgIpc) is 3.16. The Labute approximate surface area is 141 Å². The van der Waals surface area contributed by atoms with Crippen molar-refractivity contribution < 1.29 is 4.79 Å². The molecule has 2 aromatic heterocycles. The molecule has 4 aromatic rings. The van der Waals surface area contributed by atoms with Crippen LogP contribution < -0.4 is 5.32 Å². The molecule has 0 unspecified atom stereocenters. The first-order chi connectivity index (χ1) is 11.7. The monoisotopic (exact) mass is 335 g/mol. The molecule has 1 amide bonds. The zero-order chi connectivity index (χ0) is 16.5. The normalized spacial score (nSPS) is 10.9. The Hall–Kier alpha value is -3.06. The van der Waals surface area contributed by atoms with E-state index < -0.39 is 0 Å². The predicted octanol–water partition coefficient (Wildman–Crippen LogP) is 3.41. The second kappa shape index (κ2) is 5.86. The van der Waals surface area contributed by atoms with E-state index in [1.807, 2.05) is 49.4 Å². The molecule has 2 aromatic carbocycles. The Balaban J connectivity index is 1.65. The fourth-order valence-electron chi connectivity index (χ4n) is 2.31. The van der Waals surface area contributed by atoms with Gasteiger partial charge >= 0.3 is 0 Å². The number of aromatic nitrogens is 4. The minimum atomic E-state index is -0.197. The molecular formula is C17H13N5OS. The highest BCUT2D eigenvalue weighted by molar-refractivity contribution is 7.20. The molecule has 1 N–H and O–H groups in total. The summed E-state index contributed by atoms with van der Waals surface area (Å²) in [6.07, 6.45) is 0. The highest BCUT2D eigenvalue weighted by atomic mass is 32.1. The van der Waals surface area contributed by atoms with Crippen LogP contribution >= 0.6 is 11.3 Å². The first kappa shape index (κ1) is 14.5. The molecule has 0 aliphatic carbocycles. The number of hydrogen-bond donors (Lipinski definition) is 1. The van der Waals surface area contributed by atoms with Crippen molar-refractivity contribution in [2.75, 3.05) is 5.32 Å². The van der Waals surface area contributed by atoms with Crippen molar-refractivity contribution in [3.05, 3.63) is 65.7 Å². The van der Waals surface area contributed by atoms with Crippen LogP contribution in [0.3, 0.4) is 0 Å². The predicted molar refractivity (Wildman–Crippen MR) is 93.2 cm³/mol. The molecule has 118 valence electrons. The summed E-state index contributed by atoms with van der Waals surface area (Å²) in [6.45, 7) is 2.03. The lowest BCUT2D eigenvalue weighted by molar-refractivity contribution is 0.102. The number of carbonyl (C=O) groups is 1. The zero-order valence-corrected chi connectivity index (χ0v) is 13.6. The van der Waals surface area contributed by atoms with E-state index in [4.69, 9.17) is 0 Å². The van der Waals surface area contributed by atoms with Gasteiger partial charge in [0.05, 0.1) is 0 Å². The van der Waals surface area contributed by atoms with Crippen LogP contribution in [-0.2, 0) is 0 Å². The lowest BCUT2D eigenvalue weighted by atomic mass is 10.1. The molecule has 0 fully saturated rings. The number of carbonyl (C=O) groups excluding carboxylic acids is 1. The van der Waals surface area contributed by atoms with Gasteiger partial charge in [-0.15, -0.1) is 15.3 Å². The van der Waals surface area contributed by atoms with E-state index in [0.29, 0.717) is 21.5 Å². The molecule has 0 aliphatic rings. The van der Waals surface area contributed by atoms with Crippen molar-refractivity contribution in [3.8, 4) is 11.4 Å². The van der Waals surface area contributed by atoms with Crippen molar-refractivity contribution >= 4 is 27.3 Å². The van der Waals surface area contributed by atoms with E-state index in [-0.39, 0.29) is 5.91 Å². The Morgan fingerprint density at radius 1 is 1.04 bits per heavy atom. The summed E-state index contributed by atoms with van der Waals surface area (Å²) in [5.41, 5.74) is 2.69. The van der Waals surface area contributed by atoms with Gasteiger partial charge in [0.15, 0.2) is 5.82 Å². The first-order valence-electron chi connectivity index (χ1n) is 7.36. The summed E-state index contributed by atoms with van der Waals surface area (Å²) in [5.74, 6) is 0.457. The number of amides is 1. The molecule has 6 nitrogen and oxygen atoms in total. The van der Waals surface area contributed by atoms with Gasteiger partial charge in [0.2, 0.25) is 10.1 Å². The van der Waals surface area contributed by atoms with Gasteiger partial charge in [0.1, 0.15) is 0 Å². The van der Waals surface area contributed by atoms with Crippen LogP contribution in [0.25, 0.3) is 16.3 Å². The maximum atomic E-state index is 12.2. The van der Waals surface area contributed by atoms with Gasteiger partial charge in [-0.05, 0) is 19.1 Å². The third kappa shape index (κ3) is 2.65. The number of aryl methyl sites for hydroxylation is 1. The molecule has 4 rings (SSSR count). The minimum absolute atomic E-state index is 0.197. The van der Waals surface area contributed by atoms with Crippen molar-refractivity contribution in [2.24, 2.45) is 0 Å². The minimum Gasteiger partial charge on any atom is -0.296 e. The first-order valence-corrected chi connectivity index (χ1v) is 8.18. The molecular weight excluding hydrogens is 322 g/mol. The Morgan fingerprint density at radius 3 is 2.54 bits per heavy atom. The van der Waals surface area contributed by atoms with E-state index in [9.17, 15) is 4.79 Å². The number of nitrogens with zero attached hydrogens (tertiary/aromatic N) is 4. The van der Waals surface area contributed by atoms with Gasteiger partial charge in [-0.3, -0.25) is 10.1 Å². The maximum Gasteiger partial charge on any atom is 0.257 e. The lowest BCUT2D eigenvalue weighted by Crippen LogP contribution is -2.11. The lowest BCUT2D eigenvalue weighted by Gasteiger charge is -2.00. The fraction of sp³-hybridized carbons (Fsp3) is 0.0588. The highest BCUT2D eigenvalue weighted by Gasteiger charge is 2.15. The SMILES string of the molecule is Cc1ccc(-c2nnc3sc(NC(=O)c4ccccc4)nn23)cc1. The highest BCUT2D eigenvalue weighted by Crippen LogP contribution is 2.24. The largest absolute Gasteiger partial charge is 0.296 e. The second-order valence-electron chi connectivity index (χ2n) is 5.31. The molecule has 0 aliphatic heterocycles. The van der Waals surface area contributed by atoms with Crippen LogP contribution in [0.2, 0.25) is 0 Å². The summed E-state index contributed by atoms with van der Waals surface area (Å²) in [5, 5.41) is 16.0. The van der Waals surface area contributed by atoms with Crippen LogP contribution in [0.5, 0.6) is 0 Å². The molecule has 7 heteroatoms. The summed E-state index contributed by atoms with van der Waals surface area (Å²) in [7, 11) is 0. The van der Waals surface area contributed by atoms with E-state index in [1.165, 1.54) is 16.9 Å². The van der Waals surface area contributed by atoms with Crippen LogP contribution in [0, 0.1) is 6.92 Å². The average molecular weight is 335 g/mol. The van der Waals surface area contributed by atoms with E-state index in [2.05, 4.69) is 20.6 Å². The summed E-state index contributed by atoms with van der Waals surface area (Å²) < 4.78 is 1.65. The Morgan fingerprint density at radius 2 is 1.79 bits per heavy atom. The fourth-order valence-corrected chi connectivity index (χ4v) is 3.04. The van der Waals surface area contributed by atoms with Gasteiger partial charge in [0.25, 0.3) is 5.91 Å². The molecule has 0 bridgehead atoms. The van der Waals surface area contributed by atoms with Gasteiger partial charge in [-0.2, -0.15) is 4.52 Å². The molecule has 2 heterocycles. The van der Waals surface area contributed by atoms with Crippen LogP contribution in [0.1, 0.15) is 15.9 Å². The van der Waals surface area contributed by atoms with Crippen LogP contribution in [0.15, 0.2) is 54.6 Å². The molecule has 0 saturated heterocycles. The number of fused-ring (bicyclic) bond motifs is 1. The number of rotatable bonds is 3. The molecule has 24 heavy (non-hydrogen) atoms. The number of benzene rings is 2. The molecule has 0 saturated carbocycles. The van der Waals surface area contributed by atoms with Crippen molar-refractivity contribution in [1.29, 1.82) is 0 Å². The maximum absolute atomic E-state index is 12.2. The van der Waals surface area contributed by atoms with Crippen LogP contribution in [-0.4, -0.2) is 25.7 Å². The number of hydrogen-bond acceptors (Lipinski definition) is 5. The van der Waals surface area contributed by atoms with E-state index >= 15 is 0 Å².